The molecule has 0 radical (unpaired) electrons. The van der Waals surface area contributed by atoms with Gasteiger partial charge in [-0.15, -0.1) is 0 Å². The van der Waals surface area contributed by atoms with Gasteiger partial charge in [0.25, 0.3) is 0 Å². The first-order chi connectivity index (χ1) is 6.77. The fourth-order valence-electron chi connectivity index (χ4n) is 1.50. The highest BCUT2D eigenvalue weighted by atomic mass is 19.1. The van der Waals surface area contributed by atoms with Gasteiger partial charge in [-0.05, 0) is 12.8 Å². The largest absolute Gasteiger partial charge is 0.238 e. The fraction of sp³-hybridized carbons (Fsp3) is 0.636. The highest BCUT2D eigenvalue weighted by Crippen LogP contribution is 2.21. The van der Waals surface area contributed by atoms with Gasteiger partial charge in [-0.25, -0.2) is 14.4 Å². The van der Waals surface area contributed by atoms with E-state index in [2.05, 4.69) is 23.8 Å². The Morgan fingerprint density at radius 1 is 1.29 bits per heavy atom. The number of nitrogens with zero attached hydrogens (tertiary/aromatic N) is 2. The molecule has 2 nitrogen and oxygen atoms in total. The van der Waals surface area contributed by atoms with Gasteiger partial charge in [-0.2, -0.15) is 0 Å². The predicted molar refractivity (Wildman–Crippen MR) is 54.5 cm³/mol. The van der Waals surface area contributed by atoms with Crippen molar-refractivity contribution in [2.24, 2.45) is 0 Å². The van der Waals surface area contributed by atoms with Crippen molar-refractivity contribution in [1.29, 1.82) is 0 Å². The van der Waals surface area contributed by atoms with Gasteiger partial charge in [0.2, 0.25) is 0 Å². The number of halogens is 1. The van der Waals surface area contributed by atoms with Crippen LogP contribution in [0.2, 0.25) is 0 Å². The molecule has 0 amide bonds. The van der Waals surface area contributed by atoms with Crippen LogP contribution in [-0.2, 0) is 0 Å². The molecule has 1 atom stereocenters. The maximum Gasteiger partial charge on any atom is 0.159 e. The zero-order valence-electron chi connectivity index (χ0n) is 8.83. The molecule has 0 aliphatic rings. The summed E-state index contributed by atoms with van der Waals surface area (Å²) >= 11 is 0. The Kier molecular flexibility index (Phi) is 4.50. The standard InChI is InChI=1S/C11H17FN2/c1-3-5-6-9(4-2)11-13-7-10(12)8-14-11/h7-9H,3-6H2,1-2H3. The summed E-state index contributed by atoms with van der Waals surface area (Å²) in [6, 6.07) is 0. The molecule has 1 aromatic rings. The number of hydrogen-bond acceptors (Lipinski definition) is 2. The first-order valence-electron chi connectivity index (χ1n) is 5.25. The maximum absolute atomic E-state index is 12.6. The maximum atomic E-state index is 12.6. The monoisotopic (exact) mass is 196 g/mol. The first kappa shape index (κ1) is 11.1. The summed E-state index contributed by atoms with van der Waals surface area (Å²) in [5.74, 6) is 0.803. The molecule has 14 heavy (non-hydrogen) atoms. The molecule has 0 aliphatic heterocycles. The number of aromatic nitrogens is 2. The van der Waals surface area contributed by atoms with Crippen LogP contribution in [0.1, 0.15) is 51.3 Å². The van der Waals surface area contributed by atoms with Crippen LogP contribution in [-0.4, -0.2) is 9.97 Å². The Labute approximate surface area is 84.6 Å². The second kappa shape index (κ2) is 5.68. The number of unbranched alkanes of at least 4 members (excludes halogenated alkanes) is 1. The van der Waals surface area contributed by atoms with E-state index in [-0.39, 0.29) is 5.82 Å². The summed E-state index contributed by atoms with van der Waals surface area (Å²) in [6.07, 6.45) is 6.97. The van der Waals surface area contributed by atoms with Crippen LogP contribution in [0.4, 0.5) is 4.39 Å². The van der Waals surface area contributed by atoms with E-state index in [1.165, 1.54) is 25.2 Å². The molecular weight excluding hydrogens is 179 g/mol. The predicted octanol–water partition coefficient (Wildman–Crippen LogP) is 3.30. The summed E-state index contributed by atoms with van der Waals surface area (Å²) in [7, 11) is 0. The average molecular weight is 196 g/mol. The highest BCUT2D eigenvalue weighted by Gasteiger charge is 2.11. The Hall–Kier alpha value is -0.990. The Bertz CT molecular complexity index is 258. The van der Waals surface area contributed by atoms with E-state index >= 15 is 0 Å². The van der Waals surface area contributed by atoms with Gasteiger partial charge < -0.3 is 0 Å². The van der Waals surface area contributed by atoms with Crippen LogP contribution >= 0.6 is 0 Å². The van der Waals surface area contributed by atoms with Crippen LogP contribution in [0.25, 0.3) is 0 Å². The molecule has 1 heterocycles. The normalized spacial score (nSPS) is 12.8. The van der Waals surface area contributed by atoms with E-state index in [0.29, 0.717) is 5.92 Å². The van der Waals surface area contributed by atoms with E-state index in [9.17, 15) is 4.39 Å². The lowest BCUT2D eigenvalue weighted by atomic mass is 9.98. The van der Waals surface area contributed by atoms with Crippen molar-refractivity contribution in [1.82, 2.24) is 9.97 Å². The Morgan fingerprint density at radius 3 is 2.43 bits per heavy atom. The van der Waals surface area contributed by atoms with E-state index in [0.717, 1.165) is 18.7 Å². The molecule has 78 valence electrons. The molecule has 0 bridgehead atoms. The third kappa shape index (κ3) is 3.05. The van der Waals surface area contributed by atoms with Crippen molar-refractivity contribution in [3.8, 4) is 0 Å². The lowest BCUT2D eigenvalue weighted by molar-refractivity contribution is 0.533. The third-order valence-corrected chi connectivity index (χ3v) is 2.40. The van der Waals surface area contributed by atoms with Gasteiger partial charge in [0, 0.05) is 5.92 Å². The Morgan fingerprint density at radius 2 is 1.93 bits per heavy atom. The van der Waals surface area contributed by atoms with Crippen molar-refractivity contribution >= 4 is 0 Å². The molecule has 0 fully saturated rings. The SMILES string of the molecule is CCCCC(CC)c1ncc(F)cn1. The molecule has 0 N–H and O–H groups in total. The van der Waals surface area contributed by atoms with Gasteiger partial charge >= 0.3 is 0 Å². The lowest BCUT2D eigenvalue weighted by Crippen LogP contribution is -2.03. The second-order valence-electron chi connectivity index (χ2n) is 3.51. The summed E-state index contributed by atoms with van der Waals surface area (Å²) in [5, 5.41) is 0. The lowest BCUT2D eigenvalue weighted by Gasteiger charge is -2.11. The van der Waals surface area contributed by atoms with Crippen LogP contribution in [0.15, 0.2) is 12.4 Å². The molecule has 1 aromatic heterocycles. The minimum atomic E-state index is -0.362. The summed E-state index contributed by atoms with van der Waals surface area (Å²) in [4.78, 5) is 8.03. The van der Waals surface area contributed by atoms with E-state index in [1.807, 2.05) is 0 Å². The van der Waals surface area contributed by atoms with Gasteiger partial charge in [-0.3, -0.25) is 0 Å². The first-order valence-corrected chi connectivity index (χ1v) is 5.25. The fourth-order valence-corrected chi connectivity index (χ4v) is 1.50. The molecule has 3 heteroatoms. The second-order valence-corrected chi connectivity index (χ2v) is 3.51. The van der Waals surface area contributed by atoms with Gasteiger partial charge in [0.15, 0.2) is 5.82 Å². The van der Waals surface area contributed by atoms with Crippen molar-refractivity contribution in [2.75, 3.05) is 0 Å². The zero-order valence-corrected chi connectivity index (χ0v) is 8.83. The summed E-state index contributed by atoms with van der Waals surface area (Å²) in [6.45, 7) is 4.28. The van der Waals surface area contributed by atoms with E-state index in [1.54, 1.807) is 0 Å². The van der Waals surface area contributed by atoms with Crippen LogP contribution in [0.5, 0.6) is 0 Å². The zero-order chi connectivity index (χ0) is 10.4. The minimum Gasteiger partial charge on any atom is -0.238 e. The van der Waals surface area contributed by atoms with Gasteiger partial charge in [-0.1, -0.05) is 26.7 Å². The molecule has 0 saturated carbocycles. The molecule has 1 rings (SSSR count). The smallest absolute Gasteiger partial charge is 0.159 e. The average Bonchev–Trinajstić information content (AvgIpc) is 2.21. The van der Waals surface area contributed by atoms with Crippen molar-refractivity contribution in [2.45, 2.75) is 45.4 Å². The Balaban J connectivity index is 2.64. The quantitative estimate of drug-likeness (QED) is 0.722. The van der Waals surface area contributed by atoms with Gasteiger partial charge in [0.1, 0.15) is 5.82 Å². The number of rotatable bonds is 5. The number of hydrogen-bond donors (Lipinski definition) is 0. The highest BCUT2D eigenvalue weighted by molar-refractivity contribution is 4.97. The molecule has 0 saturated heterocycles. The van der Waals surface area contributed by atoms with Crippen molar-refractivity contribution in [3.05, 3.63) is 24.0 Å². The molecule has 0 spiro atoms. The minimum absolute atomic E-state index is 0.362. The molecule has 1 unspecified atom stereocenters. The van der Waals surface area contributed by atoms with E-state index in [4.69, 9.17) is 0 Å². The van der Waals surface area contributed by atoms with Crippen LogP contribution < -0.4 is 0 Å². The molecule has 0 aliphatic carbocycles. The summed E-state index contributed by atoms with van der Waals surface area (Å²) in [5.41, 5.74) is 0. The summed E-state index contributed by atoms with van der Waals surface area (Å²) < 4.78 is 12.6. The van der Waals surface area contributed by atoms with Crippen LogP contribution in [0, 0.1) is 5.82 Å². The van der Waals surface area contributed by atoms with Gasteiger partial charge in [0.05, 0.1) is 12.4 Å². The van der Waals surface area contributed by atoms with Crippen molar-refractivity contribution in [3.63, 3.8) is 0 Å². The topological polar surface area (TPSA) is 25.8 Å². The third-order valence-electron chi connectivity index (χ3n) is 2.40. The molecular formula is C11H17FN2. The molecule has 0 aromatic carbocycles. The van der Waals surface area contributed by atoms with Crippen molar-refractivity contribution < 1.29 is 4.39 Å². The van der Waals surface area contributed by atoms with E-state index < -0.39 is 0 Å². The van der Waals surface area contributed by atoms with Crippen LogP contribution in [0.3, 0.4) is 0 Å².